The number of nitrogens with one attached hydrogen (secondary N) is 1. The van der Waals surface area contributed by atoms with Crippen LogP contribution in [0, 0.1) is 12.7 Å². The molecule has 1 saturated heterocycles. The number of aryl methyl sites for hydroxylation is 1. The fourth-order valence-electron chi connectivity index (χ4n) is 4.22. The number of hydrogen-bond donors (Lipinski definition) is 1. The predicted molar refractivity (Wildman–Crippen MR) is 117 cm³/mol. The zero-order chi connectivity index (χ0) is 21.6. The first-order valence-corrected chi connectivity index (χ1v) is 10.8. The van der Waals surface area contributed by atoms with Crippen molar-refractivity contribution in [3.05, 3.63) is 47.7 Å². The van der Waals surface area contributed by atoms with Gasteiger partial charge in [0.05, 0.1) is 16.6 Å². The van der Waals surface area contributed by atoms with E-state index >= 15 is 0 Å². The number of hydrogen-bond acceptors (Lipinski definition) is 6. The third-order valence-electron chi connectivity index (χ3n) is 6.27. The SMILES string of the molecule is Cc1oc2ncnc(NC3(C)CC3)c2c1C(=O)N1CCCN(c2ccccc2F)CC1. The standard InChI is InChI=1S/C23H26FN5O2/c1-15-18(19-20(27-23(2)8-9-23)25-14-26-21(19)31-15)22(30)29-11-5-10-28(12-13-29)17-7-4-3-6-16(17)24/h3-4,6-7,14H,5,8-13H2,1-2H3,(H,25,26,27). The Bertz CT molecular complexity index is 1140. The molecule has 1 aliphatic heterocycles. The minimum atomic E-state index is -0.236. The molecule has 162 valence electrons. The maximum absolute atomic E-state index is 14.2. The molecule has 2 aliphatic rings. The number of carbonyl (C=O) groups excluding carboxylic acids is 1. The van der Waals surface area contributed by atoms with Gasteiger partial charge in [-0.1, -0.05) is 12.1 Å². The van der Waals surface area contributed by atoms with Gasteiger partial charge >= 0.3 is 0 Å². The first-order valence-electron chi connectivity index (χ1n) is 10.8. The van der Waals surface area contributed by atoms with Crippen LogP contribution in [0.25, 0.3) is 11.1 Å². The normalized spacial score (nSPS) is 18.2. The number of anilines is 2. The van der Waals surface area contributed by atoms with Gasteiger partial charge in [-0.25, -0.2) is 14.4 Å². The summed E-state index contributed by atoms with van der Waals surface area (Å²) in [6.07, 6.45) is 4.35. The van der Waals surface area contributed by atoms with Crippen LogP contribution in [0.2, 0.25) is 0 Å². The molecule has 2 fully saturated rings. The van der Waals surface area contributed by atoms with Gasteiger partial charge < -0.3 is 19.5 Å². The fourth-order valence-corrected chi connectivity index (χ4v) is 4.22. The third kappa shape index (κ3) is 3.71. The average molecular weight is 423 g/mol. The number of amides is 1. The number of carbonyl (C=O) groups is 1. The summed E-state index contributed by atoms with van der Waals surface area (Å²) < 4.78 is 20.1. The molecule has 31 heavy (non-hydrogen) atoms. The highest BCUT2D eigenvalue weighted by Crippen LogP contribution is 2.40. The van der Waals surface area contributed by atoms with Crippen molar-refractivity contribution in [2.75, 3.05) is 36.4 Å². The summed E-state index contributed by atoms with van der Waals surface area (Å²) in [6.45, 7) is 6.31. The molecule has 1 amide bonds. The van der Waals surface area contributed by atoms with Crippen molar-refractivity contribution in [2.45, 2.75) is 38.6 Å². The smallest absolute Gasteiger partial charge is 0.258 e. The van der Waals surface area contributed by atoms with E-state index < -0.39 is 0 Å². The Hall–Kier alpha value is -3.16. The van der Waals surface area contributed by atoms with E-state index in [0.717, 1.165) is 19.3 Å². The first kappa shape index (κ1) is 19.8. The minimum absolute atomic E-state index is 0.00956. The molecule has 8 heteroatoms. The van der Waals surface area contributed by atoms with Gasteiger partial charge in [0, 0.05) is 31.7 Å². The number of nitrogens with zero attached hydrogens (tertiary/aromatic N) is 4. The molecule has 0 atom stereocenters. The molecular weight excluding hydrogens is 397 g/mol. The lowest BCUT2D eigenvalue weighted by Crippen LogP contribution is -2.35. The van der Waals surface area contributed by atoms with Crippen molar-refractivity contribution < 1.29 is 13.6 Å². The lowest BCUT2D eigenvalue weighted by atomic mass is 10.1. The maximum atomic E-state index is 14.2. The number of rotatable bonds is 4. The Morgan fingerprint density at radius 1 is 1.16 bits per heavy atom. The summed E-state index contributed by atoms with van der Waals surface area (Å²) in [5, 5.41) is 4.11. The number of fused-ring (bicyclic) bond motifs is 1. The maximum Gasteiger partial charge on any atom is 0.258 e. The van der Waals surface area contributed by atoms with Crippen molar-refractivity contribution in [2.24, 2.45) is 0 Å². The Morgan fingerprint density at radius 2 is 1.97 bits per heavy atom. The zero-order valence-corrected chi connectivity index (χ0v) is 17.8. The molecule has 0 radical (unpaired) electrons. The van der Waals surface area contributed by atoms with Gasteiger partial charge in [0.15, 0.2) is 0 Å². The molecule has 3 aromatic rings. The first-order chi connectivity index (χ1) is 15.0. The Morgan fingerprint density at radius 3 is 2.74 bits per heavy atom. The van der Waals surface area contributed by atoms with E-state index in [-0.39, 0.29) is 17.3 Å². The molecule has 7 nitrogen and oxygen atoms in total. The highest BCUT2D eigenvalue weighted by atomic mass is 19.1. The van der Waals surface area contributed by atoms with Gasteiger partial charge in [-0.2, -0.15) is 0 Å². The molecule has 0 unspecified atom stereocenters. The van der Waals surface area contributed by atoms with Crippen LogP contribution in [0.1, 0.15) is 42.3 Å². The van der Waals surface area contributed by atoms with Crippen LogP contribution in [0.4, 0.5) is 15.9 Å². The van der Waals surface area contributed by atoms with Crippen LogP contribution >= 0.6 is 0 Å². The highest BCUT2D eigenvalue weighted by Gasteiger charge is 2.39. The molecule has 0 spiro atoms. The Labute approximate surface area is 180 Å². The lowest BCUT2D eigenvalue weighted by Gasteiger charge is -2.24. The van der Waals surface area contributed by atoms with E-state index in [1.165, 1.54) is 12.4 Å². The molecule has 2 aromatic heterocycles. The number of benzene rings is 1. The number of aromatic nitrogens is 2. The van der Waals surface area contributed by atoms with Gasteiger partial charge in [0.1, 0.15) is 23.7 Å². The largest absolute Gasteiger partial charge is 0.442 e. The molecule has 3 heterocycles. The van der Waals surface area contributed by atoms with Crippen molar-refractivity contribution in [3.63, 3.8) is 0 Å². The Balaban J connectivity index is 1.42. The van der Waals surface area contributed by atoms with Gasteiger partial charge in [-0.05, 0) is 45.2 Å². The third-order valence-corrected chi connectivity index (χ3v) is 6.27. The van der Waals surface area contributed by atoms with E-state index in [0.29, 0.717) is 60.1 Å². The van der Waals surface area contributed by atoms with Crippen LogP contribution in [-0.4, -0.2) is 52.5 Å². The van der Waals surface area contributed by atoms with Crippen molar-refractivity contribution in [3.8, 4) is 0 Å². The zero-order valence-electron chi connectivity index (χ0n) is 17.8. The summed E-state index contributed by atoms with van der Waals surface area (Å²) in [7, 11) is 0. The second-order valence-corrected chi connectivity index (χ2v) is 8.71. The molecule has 1 aliphatic carbocycles. The highest BCUT2D eigenvalue weighted by molar-refractivity contribution is 6.10. The van der Waals surface area contributed by atoms with E-state index in [4.69, 9.17) is 4.42 Å². The summed E-state index contributed by atoms with van der Waals surface area (Å²) in [6, 6.07) is 6.78. The van der Waals surface area contributed by atoms with Gasteiger partial charge in [-0.15, -0.1) is 0 Å². The monoisotopic (exact) mass is 423 g/mol. The van der Waals surface area contributed by atoms with E-state index in [1.54, 1.807) is 19.1 Å². The van der Waals surface area contributed by atoms with E-state index in [2.05, 4.69) is 22.2 Å². The molecular formula is C23H26FN5O2. The van der Waals surface area contributed by atoms with Gasteiger partial charge in [-0.3, -0.25) is 4.79 Å². The van der Waals surface area contributed by atoms with Gasteiger partial charge in [0.2, 0.25) is 5.71 Å². The number of para-hydroxylation sites is 1. The van der Waals surface area contributed by atoms with Crippen LogP contribution in [0.3, 0.4) is 0 Å². The number of furan rings is 1. The van der Waals surface area contributed by atoms with Crippen LogP contribution < -0.4 is 10.2 Å². The van der Waals surface area contributed by atoms with Gasteiger partial charge in [0.25, 0.3) is 5.91 Å². The summed E-state index contributed by atoms with van der Waals surface area (Å²) in [4.78, 5) is 26.1. The molecule has 1 saturated carbocycles. The van der Waals surface area contributed by atoms with Crippen LogP contribution in [0.15, 0.2) is 35.0 Å². The molecule has 1 aromatic carbocycles. The second kappa shape index (κ2) is 7.51. The summed E-state index contributed by atoms with van der Waals surface area (Å²) >= 11 is 0. The molecule has 5 rings (SSSR count). The second-order valence-electron chi connectivity index (χ2n) is 8.71. The van der Waals surface area contributed by atoms with Crippen LogP contribution in [-0.2, 0) is 0 Å². The minimum Gasteiger partial charge on any atom is -0.442 e. The van der Waals surface area contributed by atoms with Crippen molar-refractivity contribution in [1.29, 1.82) is 0 Å². The average Bonchev–Trinajstić information content (AvgIpc) is 3.44. The topological polar surface area (TPSA) is 74.5 Å². The summed E-state index contributed by atoms with van der Waals surface area (Å²) in [5.74, 6) is 0.860. The van der Waals surface area contributed by atoms with E-state index in [9.17, 15) is 9.18 Å². The lowest BCUT2D eigenvalue weighted by molar-refractivity contribution is 0.0767. The van der Waals surface area contributed by atoms with Crippen molar-refractivity contribution in [1.82, 2.24) is 14.9 Å². The van der Waals surface area contributed by atoms with Crippen molar-refractivity contribution >= 4 is 28.5 Å². The predicted octanol–water partition coefficient (Wildman–Crippen LogP) is 3.99. The number of halogens is 1. The summed E-state index contributed by atoms with van der Waals surface area (Å²) in [5.41, 5.74) is 1.53. The fraction of sp³-hybridized carbons (Fsp3) is 0.435. The molecule has 0 bridgehead atoms. The Kier molecular flexibility index (Phi) is 4.79. The molecule has 1 N–H and O–H groups in total. The van der Waals surface area contributed by atoms with E-state index in [1.807, 2.05) is 15.9 Å². The quantitative estimate of drug-likeness (QED) is 0.684. The van der Waals surface area contributed by atoms with Crippen LogP contribution in [0.5, 0.6) is 0 Å².